The number of hydrogen-bond acceptors (Lipinski definition) is 3. The third kappa shape index (κ3) is 3.02. The molecule has 1 aromatic carbocycles. The van der Waals surface area contributed by atoms with Crippen LogP contribution in [-0.2, 0) is 0 Å². The van der Waals surface area contributed by atoms with Gasteiger partial charge in [0.15, 0.2) is 0 Å². The number of rotatable bonds is 3. The van der Waals surface area contributed by atoms with Gasteiger partial charge in [-0.2, -0.15) is 0 Å². The summed E-state index contributed by atoms with van der Waals surface area (Å²) in [5.74, 6) is -1.91. The van der Waals surface area contributed by atoms with E-state index in [0.717, 1.165) is 4.68 Å². The molecular formula is C13H12N4O3. The Kier molecular flexibility index (Phi) is 3.80. The van der Waals surface area contributed by atoms with Crippen molar-refractivity contribution >= 4 is 17.8 Å². The Morgan fingerprint density at radius 1 is 1.10 bits per heavy atom. The molecule has 0 saturated heterocycles. The fourth-order valence-corrected chi connectivity index (χ4v) is 1.58. The summed E-state index contributed by atoms with van der Waals surface area (Å²) in [7, 11) is 0. The largest absolute Gasteiger partial charge is 0.477 e. The Balaban J connectivity index is 2.01. The number of carboxylic acid groups (broad SMARTS) is 1. The molecule has 1 heterocycles. The molecule has 102 valence electrons. The molecule has 2 rings (SSSR count). The Morgan fingerprint density at radius 2 is 1.80 bits per heavy atom. The van der Waals surface area contributed by atoms with Crippen molar-refractivity contribution < 1.29 is 14.7 Å². The van der Waals surface area contributed by atoms with Crippen LogP contribution in [0.1, 0.15) is 20.8 Å². The van der Waals surface area contributed by atoms with Gasteiger partial charge >= 0.3 is 5.97 Å². The second-order valence-corrected chi connectivity index (χ2v) is 3.88. The predicted molar refractivity (Wildman–Crippen MR) is 72.4 cm³/mol. The number of carbonyl (C=O) groups excluding carboxylic acids is 1. The smallest absolute Gasteiger partial charge is 0.354 e. The number of aromatic nitrogens is 1. The average Bonchev–Trinajstić information content (AvgIpc) is 2.87. The van der Waals surface area contributed by atoms with Crippen LogP contribution in [-0.4, -0.2) is 27.6 Å². The quantitative estimate of drug-likeness (QED) is 0.495. The molecule has 2 aromatic rings. The van der Waals surface area contributed by atoms with Crippen LogP contribution in [0.2, 0.25) is 0 Å². The summed E-state index contributed by atoms with van der Waals surface area (Å²) in [4.78, 5) is 22.7. The van der Waals surface area contributed by atoms with Crippen molar-refractivity contribution in [1.29, 1.82) is 5.41 Å². The number of nitrogens with one attached hydrogen (secondary N) is 3. The molecule has 0 atom stereocenters. The van der Waals surface area contributed by atoms with Crippen molar-refractivity contribution in [3.8, 4) is 0 Å². The van der Waals surface area contributed by atoms with Crippen LogP contribution in [0.4, 0.5) is 0 Å². The van der Waals surface area contributed by atoms with Crippen LogP contribution < -0.4 is 10.7 Å². The zero-order chi connectivity index (χ0) is 14.5. The molecule has 0 radical (unpaired) electrons. The summed E-state index contributed by atoms with van der Waals surface area (Å²) in [6.07, 6.45) is 1.44. The van der Waals surface area contributed by atoms with E-state index in [-0.39, 0.29) is 11.7 Å². The number of hydrogen-bond donors (Lipinski definition) is 4. The normalized spacial score (nSPS) is 9.80. The van der Waals surface area contributed by atoms with Crippen molar-refractivity contribution in [3.05, 3.63) is 59.9 Å². The van der Waals surface area contributed by atoms with Gasteiger partial charge in [0.1, 0.15) is 5.69 Å². The first-order valence-electron chi connectivity index (χ1n) is 5.70. The minimum atomic E-state index is -1.13. The SMILES string of the molecule is N=C(NC(=O)c1ccccc1)Nn1cccc1C(=O)O. The van der Waals surface area contributed by atoms with Gasteiger partial charge in [-0.25, -0.2) is 4.79 Å². The summed E-state index contributed by atoms with van der Waals surface area (Å²) < 4.78 is 1.13. The Bertz CT molecular complexity index is 649. The third-order valence-electron chi connectivity index (χ3n) is 2.47. The third-order valence-corrected chi connectivity index (χ3v) is 2.47. The van der Waals surface area contributed by atoms with Crippen molar-refractivity contribution in [2.75, 3.05) is 5.43 Å². The van der Waals surface area contributed by atoms with Gasteiger partial charge in [-0.15, -0.1) is 0 Å². The van der Waals surface area contributed by atoms with Gasteiger partial charge in [0, 0.05) is 11.8 Å². The van der Waals surface area contributed by atoms with E-state index in [0.29, 0.717) is 5.56 Å². The highest BCUT2D eigenvalue weighted by molar-refractivity contribution is 6.07. The standard InChI is InChI=1S/C13H12N4O3/c14-13(15-11(18)9-5-2-1-3-6-9)16-17-8-4-7-10(17)12(19)20/h1-8H,(H,19,20)(H3,14,15,16,18). The lowest BCUT2D eigenvalue weighted by Gasteiger charge is -2.11. The Hall–Kier alpha value is -3.09. The summed E-state index contributed by atoms with van der Waals surface area (Å²) in [5, 5.41) is 18.9. The van der Waals surface area contributed by atoms with Crippen LogP contribution in [0.3, 0.4) is 0 Å². The first-order valence-corrected chi connectivity index (χ1v) is 5.70. The van der Waals surface area contributed by atoms with Crippen LogP contribution in [0.5, 0.6) is 0 Å². The molecule has 0 aliphatic heterocycles. The molecule has 0 spiro atoms. The first kappa shape index (κ1) is 13.3. The highest BCUT2D eigenvalue weighted by Crippen LogP contribution is 2.00. The van der Waals surface area contributed by atoms with Crippen molar-refractivity contribution in [1.82, 2.24) is 9.99 Å². The maximum Gasteiger partial charge on any atom is 0.354 e. The number of nitrogens with zero attached hydrogens (tertiary/aromatic N) is 1. The van der Waals surface area contributed by atoms with E-state index in [1.54, 1.807) is 30.3 Å². The highest BCUT2D eigenvalue weighted by atomic mass is 16.4. The molecule has 0 saturated carbocycles. The molecule has 0 aliphatic carbocycles. The zero-order valence-corrected chi connectivity index (χ0v) is 10.3. The Labute approximate surface area is 114 Å². The van der Waals surface area contributed by atoms with E-state index < -0.39 is 11.9 Å². The van der Waals surface area contributed by atoms with Gasteiger partial charge in [-0.1, -0.05) is 18.2 Å². The Morgan fingerprint density at radius 3 is 2.45 bits per heavy atom. The number of benzene rings is 1. The summed E-state index contributed by atoms with van der Waals surface area (Å²) in [5.41, 5.74) is 2.83. The number of aromatic carboxylic acids is 1. The molecule has 20 heavy (non-hydrogen) atoms. The fraction of sp³-hybridized carbons (Fsp3) is 0. The molecule has 0 unspecified atom stereocenters. The highest BCUT2D eigenvalue weighted by Gasteiger charge is 2.11. The minimum absolute atomic E-state index is 0.0382. The maximum atomic E-state index is 11.8. The van der Waals surface area contributed by atoms with Crippen LogP contribution >= 0.6 is 0 Å². The predicted octanol–water partition coefficient (Wildman–Crippen LogP) is 1.09. The van der Waals surface area contributed by atoms with E-state index in [2.05, 4.69) is 10.7 Å². The summed E-state index contributed by atoms with van der Waals surface area (Å²) in [6, 6.07) is 11.3. The van der Waals surface area contributed by atoms with E-state index in [1.165, 1.54) is 18.3 Å². The van der Waals surface area contributed by atoms with Crippen LogP contribution in [0.15, 0.2) is 48.7 Å². The van der Waals surface area contributed by atoms with Crippen molar-refractivity contribution in [3.63, 3.8) is 0 Å². The van der Waals surface area contributed by atoms with Crippen molar-refractivity contribution in [2.24, 2.45) is 0 Å². The van der Waals surface area contributed by atoms with Gasteiger partial charge in [-0.05, 0) is 24.3 Å². The number of carbonyl (C=O) groups is 2. The van der Waals surface area contributed by atoms with Crippen LogP contribution in [0, 0.1) is 5.41 Å². The molecule has 0 aliphatic rings. The zero-order valence-electron chi connectivity index (χ0n) is 10.3. The number of carboxylic acids is 1. The summed E-state index contributed by atoms with van der Waals surface area (Å²) in [6.45, 7) is 0. The molecular weight excluding hydrogens is 260 g/mol. The fourth-order valence-electron chi connectivity index (χ4n) is 1.58. The van der Waals surface area contributed by atoms with Gasteiger partial charge < -0.3 is 5.11 Å². The second kappa shape index (κ2) is 5.70. The van der Waals surface area contributed by atoms with E-state index in [4.69, 9.17) is 10.5 Å². The second-order valence-electron chi connectivity index (χ2n) is 3.88. The number of guanidine groups is 1. The summed E-state index contributed by atoms with van der Waals surface area (Å²) >= 11 is 0. The molecule has 1 aromatic heterocycles. The first-order chi connectivity index (χ1) is 9.58. The van der Waals surface area contributed by atoms with Gasteiger partial charge in [0.25, 0.3) is 5.91 Å². The minimum Gasteiger partial charge on any atom is -0.477 e. The van der Waals surface area contributed by atoms with E-state index in [1.807, 2.05) is 0 Å². The lowest BCUT2D eigenvalue weighted by atomic mass is 10.2. The molecule has 0 fully saturated rings. The van der Waals surface area contributed by atoms with E-state index >= 15 is 0 Å². The van der Waals surface area contributed by atoms with Gasteiger partial charge in [0.05, 0.1) is 0 Å². The van der Waals surface area contributed by atoms with Gasteiger partial charge in [0.2, 0.25) is 5.96 Å². The maximum absolute atomic E-state index is 11.8. The molecule has 1 amide bonds. The monoisotopic (exact) mass is 272 g/mol. The lowest BCUT2D eigenvalue weighted by Crippen LogP contribution is -2.39. The number of amides is 1. The van der Waals surface area contributed by atoms with Crippen LogP contribution in [0.25, 0.3) is 0 Å². The average molecular weight is 272 g/mol. The van der Waals surface area contributed by atoms with E-state index in [9.17, 15) is 9.59 Å². The van der Waals surface area contributed by atoms with Crippen molar-refractivity contribution in [2.45, 2.75) is 0 Å². The molecule has 4 N–H and O–H groups in total. The lowest BCUT2D eigenvalue weighted by molar-refractivity contribution is 0.0687. The molecule has 0 bridgehead atoms. The molecule has 7 nitrogen and oxygen atoms in total. The van der Waals surface area contributed by atoms with Gasteiger partial charge in [-0.3, -0.25) is 25.6 Å². The molecule has 7 heteroatoms. The topological polar surface area (TPSA) is 107 Å².